The molecule has 0 radical (unpaired) electrons. The van der Waals surface area contributed by atoms with Gasteiger partial charge in [0.05, 0.1) is 17.6 Å². The van der Waals surface area contributed by atoms with E-state index in [1.54, 1.807) is 23.0 Å². The summed E-state index contributed by atoms with van der Waals surface area (Å²) in [6, 6.07) is 6.27. The molecule has 2 aromatic heterocycles. The Balaban J connectivity index is 1.89. The molecule has 6 nitrogen and oxygen atoms in total. The zero-order chi connectivity index (χ0) is 19.3. The molecule has 0 aliphatic carbocycles. The Morgan fingerprint density at radius 2 is 1.93 bits per heavy atom. The van der Waals surface area contributed by atoms with Gasteiger partial charge in [-0.1, -0.05) is 20.8 Å². The van der Waals surface area contributed by atoms with Crippen molar-refractivity contribution in [1.29, 1.82) is 0 Å². The third-order valence-corrected chi connectivity index (χ3v) is 4.97. The molecule has 1 aliphatic heterocycles. The number of benzene rings is 1. The van der Waals surface area contributed by atoms with Crippen molar-refractivity contribution in [3.8, 4) is 11.3 Å². The average Bonchev–Trinajstić information content (AvgIpc) is 3.20. The van der Waals surface area contributed by atoms with Gasteiger partial charge < -0.3 is 5.32 Å². The number of H-pyrrole nitrogens is 1. The van der Waals surface area contributed by atoms with Crippen LogP contribution in [0.1, 0.15) is 49.9 Å². The molecule has 0 fully saturated rings. The second-order valence-electron chi connectivity index (χ2n) is 8.00. The number of carbonyl (C=O) groups excluding carboxylic acids is 1. The molecule has 140 valence electrons. The Bertz CT molecular complexity index is 1010. The van der Waals surface area contributed by atoms with Crippen molar-refractivity contribution in [2.45, 2.75) is 38.5 Å². The highest BCUT2D eigenvalue weighted by molar-refractivity contribution is 5.95. The average molecular weight is 367 g/mol. The van der Waals surface area contributed by atoms with Crippen LogP contribution < -0.4 is 5.32 Å². The maximum Gasteiger partial charge on any atom is 0.226 e. The van der Waals surface area contributed by atoms with E-state index >= 15 is 0 Å². The van der Waals surface area contributed by atoms with Gasteiger partial charge in [-0.05, 0) is 24.3 Å². The first-order valence-corrected chi connectivity index (χ1v) is 8.92. The highest BCUT2D eigenvalue weighted by Gasteiger charge is 2.37. The molecule has 0 bridgehead atoms. The molecule has 1 aromatic carbocycles. The molecule has 0 saturated carbocycles. The molecule has 1 amide bonds. The van der Waals surface area contributed by atoms with Crippen LogP contribution in [0, 0.1) is 5.82 Å². The molecular weight excluding hydrogens is 345 g/mol. The summed E-state index contributed by atoms with van der Waals surface area (Å²) in [5.41, 5.74) is 4.34. The maximum atomic E-state index is 13.3. The van der Waals surface area contributed by atoms with Crippen molar-refractivity contribution in [2.75, 3.05) is 5.32 Å². The minimum Gasteiger partial charge on any atom is -0.311 e. The van der Waals surface area contributed by atoms with E-state index in [1.165, 1.54) is 12.1 Å². The number of hydrogen-bond donors (Lipinski definition) is 2. The second kappa shape index (κ2) is 6.04. The third kappa shape index (κ3) is 2.93. The number of aromatic amines is 1. The Morgan fingerprint density at radius 3 is 2.59 bits per heavy atom. The van der Waals surface area contributed by atoms with Gasteiger partial charge in [-0.3, -0.25) is 14.6 Å². The largest absolute Gasteiger partial charge is 0.311 e. The van der Waals surface area contributed by atoms with Crippen LogP contribution in [0.3, 0.4) is 0 Å². The first-order valence-electron chi connectivity index (χ1n) is 8.92. The number of fused-ring (bicyclic) bond motifs is 1. The van der Waals surface area contributed by atoms with Crippen LogP contribution >= 0.6 is 0 Å². The van der Waals surface area contributed by atoms with E-state index in [9.17, 15) is 9.18 Å². The lowest BCUT2D eigenvalue weighted by Crippen LogP contribution is -2.26. The lowest BCUT2D eigenvalue weighted by atomic mass is 9.79. The SMILES string of the molecule is Cn1nc(C(C)(C)C)c2c1NC(=O)C[C@H]2c1cn[nH]c1-c1ccc(F)cc1. The summed E-state index contributed by atoms with van der Waals surface area (Å²) in [6.07, 6.45) is 2.07. The summed E-state index contributed by atoms with van der Waals surface area (Å²) in [4.78, 5) is 12.4. The van der Waals surface area contributed by atoms with Gasteiger partial charge in [-0.25, -0.2) is 4.39 Å². The van der Waals surface area contributed by atoms with Gasteiger partial charge in [-0.2, -0.15) is 10.2 Å². The van der Waals surface area contributed by atoms with Crippen molar-refractivity contribution in [1.82, 2.24) is 20.0 Å². The number of halogens is 1. The maximum absolute atomic E-state index is 13.3. The summed E-state index contributed by atoms with van der Waals surface area (Å²) in [5, 5.41) is 14.9. The molecule has 0 saturated heterocycles. The molecule has 27 heavy (non-hydrogen) atoms. The van der Waals surface area contributed by atoms with Gasteiger partial charge in [0, 0.05) is 41.5 Å². The van der Waals surface area contributed by atoms with Crippen LogP contribution in [0.5, 0.6) is 0 Å². The number of hydrogen-bond acceptors (Lipinski definition) is 3. The molecule has 0 spiro atoms. The van der Waals surface area contributed by atoms with Gasteiger partial charge >= 0.3 is 0 Å². The first-order chi connectivity index (χ1) is 12.8. The van der Waals surface area contributed by atoms with Crippen molar-refractivity contribution >= 4 is 11.7 Å². The first kappa shape index (κ1) is 17.5. The predicted octanol–water partition coefficient (Wildman–Crippen LogP) is 3.72. The number of aryl methyl sites for hydroxylation is 1. The Labute approximate surface area is 156 Å². The molecule has 1 aliphatic rings. The lowest BCUT2D eigenvalue weighted by Gasteiger charge is -2.27. The topological polar surface area (TPSA) is 75.6 Å². The second-order valence-corrected chi connectivity index (χ2v) is 8.00. The summed E-state index contributed by atoms with van der Waals surface area (Å²) in [5.74, 6) is 0.214. The third-order valence-electron chi connectivity index (χ3n) is 4.97. The van der Waals surface area contributed by atoms with Crippen molar-refractivity contribution < 1.29 is 9.18 Å². The van der Waals surface area contributed by atoms with E-state index in [4.69, 9.17) is 5.10 Å². The van der Waals surface area contributed by atoms with Crippen molar-refractivity contribution in [3.05, 3.63) is 53.1 Å². The highest BCUT2D eigenvalue weighted by Crippen LogP contribution is 2.44. The van der Waals surface area contributed by atoms with Gasteiger partial charge in [0.2, 0.25) is 5.91 Å². The molecular formula is C20H22FN5O. The summed E-state index contributed by atoms with van der Waals surface area (Å²) in [7, 11) is 1.84. The quantitative estimate of drug-likeness (QED) is 0.725. The van der Waals surface area contributed by atoms with E-state index in [1.807, 2.05) is 7.05 Å². The zero-order valence-corrected chi connectivity index (χ0v) is 15.8. The van der Waals surface area contributed by atoms with E-state index in [0.29, 0.717) is 6.42 Å². The number of anilines is 1. The molecule has 2 N–H and O–H groups in total. The smallest absolute Gasteiger partial charge is 0.226 e. The molecule has 4 rings (SSSR count). The Hall–Kier alpha value is -2.96. The molecule has 3 aromatic rings. The van der Waals surface area contributed by atoms with E-state index in [0.717, 1.165) is 33.9 Å². The van der Waals surface area contributed by atoms with Crippen molar-refractivity contribution in [3.63, 3.8) is 0 Å². The predicted molar refractivity (Wildman–Crippen MR) is 101 cm³/mol. The standard InChI is InChI=1S/C20H22FN5O/c1-20(2,3)18-16-13(9-15(27)23-19(16)26(4)25-18)14-10-22-24-17(14)11-5-7-12(21)8-6-11/h5-8,10,13H,9H2,1-4H3,(H,22,24)(H,23,27)/t13-/m0/s1. The number of rotatable bonds is 2. The lowest BCUT2D eigenvalue weighted by molar-refractivity contribution is -0.116. The minimum atomic E-state index is -0.290. The van der Waals surface area contributed by atoms with Gasteiger partial charge in [0.25, 0.3) is 0 Å². The van der Waals surface area contributed by atoms with Gasteiger partial charge in [-0.15, -0.1) is 0 Å². The van der Waals surface area contributed by atoms with Crippen LogP contribution in [0.4, 0.5) is 10.2 Å². The fraction of sp³-hybridized carbons (Fsp3) is 0.350. The van der Waals surface area contributed by atoms with Gasteiger partial charge in [0.15, 0.2) is 0 Å². The van der Waals surface area contributed by atoms with E-state index < -0.39 is 0 Å². The number of carbonyl (C=O) groups is 1. The summed E-state index contributed by atoms with van der Waals surface area (Å²) >= 11 is 0. The number of aromatic nitrogens is 4. The summed E-state index contributed by atoms with van der Waals surface area (Å²) < 4.78 is 15.1. The van der Waals surface area contributed by atoms with Crippen molar-refractivity contribution in [2.24, 2.45) is 7.05 Å². The molecule has 7 heteroatoms. The van der Waals surface area contributed by atoms with Crippen LogP contribution in [-0.2, 0) is 17.3 Å². The monoisotopic (exact) mass is 367 g/mol. The van der Waals surface area contributed by atoms with E-state index in [2.05, 4.69) is 36.3 Å². The number of nitrogens with one attached hydrogen (secondary N) is 2. The normalized spacial score (nSPS) is 16.9. The van der Waals surface area contributed by atoms with Crippen LogP contribution in [0.15, 0.2) is 30.5 Å². The molecule has 0 unspecified atom stereocenters. The van der Waals surface area contributed by atoms with Crippen LogP contribution in [0.2, 0.25) is 0 Å². The molecule has 3 heterocycles. The Morgan fingerprint density at radius 1 is 1.22 bits per heavy atom. The highest BCUT2D eigenvalue weighted by atomic mass is 19.1. The minimum absolute atomic E-state index is 0.0535. The fourth-order valence-corrected chi connectivity index (χ4v) is 3.72. The van der Waals surface area contributed by atoms with Gasteiger partial charge in [0.1, 0.15) is 11.6 Å². The zero-order valence-electron chi connectivity index (χ0n) is 15.8. The van der Waals surface area contributed by atoms with Crippen LogP contribution in [0.25, 0.3) is 11.3 Å². The Kier molecular flexibility index (Phi) is 3.91. The van der Waals surface area contributed by atoms with Crippen LogP contribution in [-0.4, -0.2) is 25.9 Å². The fourth-order valence-electron chi connectivity index (χ4n) is 3.72. The number of nitrogens with zero attached hydrogens (tertiary/aromatic N) is 3. The van der Waals surface area contributed by atoms with E-state index in [-0.39, 0.29) is 23.1 Å². The number of amides is 1. The summed E-state index contributed by atoms with van der Waals surface area (Å²) in [6.45, 7) is 6.33. The molecule has 1 atom stereocenters.